The number of hydrogen-bond donors (Lipinski definition) is 3. The van der Waals surface area contributed by atoms with Crippen molar-refractivity contribution in [1.29, 1.82) is 0 Å². The molecule has 0 spiro atoms. The second kappa shape index (κ2) is 6.58. The van der Waals surface area contributed by atoms with Gasteiger partial charge in [-0.3, -0.25) is 14.3 Å². The van der Waals surface area contributed by atoms with Crippen molar-refractivity contribution in [2.24, 2.45) is 5.73 Å². The maximum Gasteiger partial charge on any atom is 0.271 e. The number of thiophene rings is 1. The summed E-state index contributed by atoms with van der Waals surface area (Å²) in [6.07, 6.45) is 0. The molecule has 0 saturated heterocycles. The Bertz CT molecular complexity index is 785. The first kappa shape index (κ1) is 16.0. The maximum atomic E-state index is 12.2. The van der Waals surface area contributed by atoms with Gasteiger partial charge in [0.15, 0.2) is 0 Å². The smallest absolute Gasteiger partial charge is 0.271 e. The average molecular weight is 339 g/mol. The van der Waals surface area contributed by atoms with Crippen LogP contribution in [0.15, 0.2) is 46.0 Å². The lowest BCUT2D eigenvalue weighted by Gasteiger charge is -2.11. The van der Waals surface area contributed by atoms with Crippen LogP contribution in [-0.4, -0.2) is 26.8 Å². The second-order valence-corrected chi connectivity index (χ2v) is 7.09. The fraction of sp³-hybridized carbons (Fsp3) is 0.0769. The number of benzene rings is 1. The van der Waals surface area contributed by atoms with Gasteiger partial charge in [0.1, 0.15) is 4.21 Å². The van der Waals surface area contributed by atoms with E-state index in [0.717, 1.165) is 11.3 Å². The molecular formula is C13H13N3O4S2. The summed E-state index contributed by atoms with van der Waals surface area (Å²) < 4.78 is 26.9. The van der Waals surface area contributed by atoms with Gasteiger partial charge in [-0.2, -0.15) is 0 Å². The number of amides is 2. The van der Waals surface area contributed by atoms with Gasteiger partial charge in [-0.1, -0.05) is 18.2 Å². The van der Waals surface area contributed by atoms with Gasteiger partial charge in [-0.25, -0.2) is 8.42 Å². The Morgan fingerprint density at radius 3 is 2.50 bits per heavy atom. The molecule has 0 aliphatic rings. The molecule has 116 valence electrons. The van der Waals surface area contributed by atoms with Crippen molar-refractivity contribution >= 4 is 38.9 Å². The zero-order valence-electron chi connectivity index (χ0n) is 11.3. The zero-order chi connectivity index (χ0) is 16.2. The number of anilines is 1. The van der Waals surface area contributed by atoms with E-state index >= 15 is 0 Å². The van der Waals surface area contributed by atoms with Crippen LogP contribution in [0.3, 0.4) is 0 Å². The van der Waals surface area contributed by atoms with E-state index in [1.54, 1.807) is 23.6 Å². The number of primary amides is 1. The third kappa shape index (κ3) is 3.83. The fourth-order valence-electron chi connectivity index (χ4n) is 1.64. The van der Waals surface area contributed by atoms with Crippen LogP contribution < -0.4 is 15.8 Å². The van der Waals surface area contributed by atoms with Crippen molar-refractivity contribution in [3.05, 3.63) is 47.3 Å². The van der Waals surface area contributed by atoms with Crippen LogP contribution in [0.1, 0.15) is 10.4 Å². The van der Waals surface area contributed by atoms with E-state index < -0.39 is 21.8 Å². The van der Waals surface area contributed by atoms with Crippen LogP contribution in [-0.2, 0) is 14.8 Å². The van der Waals surface area contributed by atoms with Crippen molar-refractivity contribution in [3.8, 4) is 0 Å². The SMILES string of the molecule is NC(=O)CNC(=O)c1ccccc1NS(=O)(=O)c1cccs1. The number of para-hydroxylation sites is 1. The van der Waals surface area contributed by atoms with E-state index in [0.29, 0.717) is 0 Å². The highest BCUT2D eigenvalue weighted by Crippen LogP contribution is 2.22. The van der Waals surface area contributed by atoms with Crippen LogP contribution in [0.2, 0.25) is 0 Å². The van der Waals surface area contributed by atoms with E-state index in [1.165, 1.54) is 18.2 Å². The first-order chi connectivity index (χ1) is 10.4. The summed E-state index contributed by atoms with van der Waals surface area (Å²) in [5.41, 5.74) is 5.18. The molecule has 0 atom stereocenters. The van der Waals surface area contributed by atoms with Gasteiger partial charge >= 0.3 is 0 Å². The summed E-state index contributed by atoms with van der Waals surface area (Å²) in [5, 5.41) is 3.95. The van der Waals surface area contributed by atoms with E-state index in [9.17, 15) is 18.0 Å². The predicted molar refractivity (Wildman–Crippen MR) is 83.1 cm³/mol. The molecule has 2 amide bonds. The summed E-state index contributed by atoms with van der Waals surface area (Å²) in [5.74, 6) is -1.28. The zero-order valence-corrected chi connectivity index (χ0v) is 12.9. The van der Waals surface area contributed by atoms with Crippen molar-refractivity contribution < 1.29 is 18.0 Å². The molecule has 1 aromatic carbocycles. The van der Waals surface area contributed by atoms with Gasteiger partial charge in [0.25, 0.3) is 15.9 Å². The molecule has 0 aliphatic heterocycles. The Morgan fingerprint density at radius 2 is 1.86 bits per heavy atom. The summed E-state index contributed by atoms with van der Waals surface area (Å²) in [6.45, 7) is -0.329. The fourth-order valence-corrected chi connectivity index (χ4v) is 3.72. The molecule has 4 N–H and O–H groups in total. The molecule has 0 aliphatic carbocycles. The quantitative estimate of drug-likeness (QED) is 0.720. The Morgan fingerprint density at radius 1 is 1.14 bits per heavy atom. The molecule has 1 aromatic heterocycles. The molecule has 7 nitrogen and oxygen atoms in total. The summed E-state index contributed by atoms with van der Waals surface area (Å²) in [7, 11) is -3.76. The van der Waals surface area contributed by atoms with Crippen molar-refractivity contribution in [1.82, 2.24) is 5.32 Å². The minimum atomic E-state index is -3.76. The molecule has 0 saturated carbocycles. The maximum absolute atomic E-state index is 12.2. The molecule has 9 heteroatoms. The van der Waals surface area contributed by atoms with Gasteiger partial charge < -0.3 is 11.1 Å². The number of rotatable bonds is 6. The normalized spacial score (nSPS) is 10.9. The number of carbonyl (C=O) groups is 2. The third-order valence-electron chi connectivity index (χ3n) is 2.60. The van der Waals surface area contributed by atoms with E-state index in [1.807, 2.05) is 0 Å². The van der Waals surface area contributed by atoms with E-state index in [-0.39, 0.29) is 22.0 Å². The van der Waals surface area contributed by atoms with Gasteiger partial charge in [-0.15, -0.1) is 11.3 Å². The summed E-state index contributed by atoms with van der Waals surface area (Å²) >= 11 is 1.07. The van der Waals surface area contributed by atoms with Crippen LogP contribution in [0.4, 0.5) is 5.69 Å². The van der Waals surface area contributed by atoms with Crippen molar-refractivity contribution in [3.63, 3.8) is 0 Å². The molecule has 0 radical (unpaired) electrons. The van der Waals surface area contributed by atoms with E-state index in [2.05, 4.69) is 10.0 Å². The lowest BCUT2D eigenvalue weighted by Crippen LogP contribution is -2.33. The molecule has 1 heterocycles. The highest BCUT2D eigenvalue weighted by Gasteiger charge is 2.19. The molecule has 0 unspecified atom stereocenters. The van der Waals surface area contributed by atoms with Crippen molar-refractivity contribution in [2.45, 2.75) is 4.21 Å². The number of nitrogens with two attached hydrogens (primary N) is 1. The minimum absolute atomic E-state index is 0.101. The van der Waals surface area contributed by atoms with Gasteiger partial charge in [-0.05, 0) is 23.6 Å². The van der Waals surface area contributed by atoms with E-state index in [4.69, 9.17) is 5.73 Å². The van der Waals surface area contributed by atoms with Gasteiger partial charge in [0, 0.05) is 0 Å². The largest absolute Gasteiger partial charge is 0.368 e. The number of nitrogens with one attached hydrogen (secondary N) is 2. The number of hydrogen-bond acceptors (Lipinski definition) is 5. The monoisotopic (exact) mass is 339 g/mol. The molecule has 2 aromatic rings. The number of sulfonamides is 1. The Balaban J connectivity index is 2.25. The van der Waals surface area contributed by atoms with Crippen molar-refractivity contribution in [2.75, 3.05) is 11.3 Å². The minimum Gasteiger partial charge on any atom is -0.368 e. The number of carbonyl (C=O) groups excluding carboxylic acids is 2. The highest BCUT2D eigenvalue weighted by molar-refractivity contribution is 7.94. The summed E-state index contributed by atoms with van der Waals surface area (Å²) in [4.78, 5) is 22.7. The van der Waals surface area contributed by atoms with Gasteiger partial charge in [0.2, 0.25) is 5.91 Å². The Kier molecular flexibility index (Phi) is 4.78. The molecule has 0 bridgehead atoms. The third-order valence-corrected chi connectivity index (χ3v) is 5.36. The molecule has 0 fully saturated rings. The van der Waals surface area contributed by atoms with Crippen LogP contribution in [0.25, 0.3) is 0 Å². The lowest BCUT2D eigenvalue weighted by atomic mass is 10.1. The average Bonchev–Trinajstić information content (AvgIpc) is 3.00. The molecule has 2 rings (SSSR count). The molecular weight excluding hydrogens is 326 g/mol. The summed E-state index contributed by atoms with van der Waals surface area (Å²) in [6, 6.07) is 9.17. The molecule has 22 heavy (non-hydrogen) atoms. The first-order valence-electron chi connectivity index (χ1n) is 6.12. The van der Waals surface area contributed by atoms with Crippen LogP contribution in [0, 0.1) is 0 Å². The Labute approximate surface area is 131 Å². The van der Waals surface area contributed by atoms with Crippen LogP contribution >= 0.6 is 11.3 Å². The van der Waals surface area contributed by atoms with Crippen LogP contribution in [0.5, 0.6) is 0 Å². The predicted octanol–water partition coefficient (Wildman–Crippen LogP) is 0.764. The first-order valence-corrected chi connectivity index (χ1v) is 8.48. The topological polar surface area (TPSA) is 118 Å². The van der Waals surface area contributed by atoms with Gasteiger partial charge in [0.05, 0.1) is 17.8 Å². The lowest BCUT2D eigenvalue weighted by molar-refractivity contribution is -0.117. The highest BCUT2D eigenvalue weighted by atomic mass is 32.2. The Hall–Kier alpha value is -2.39. The standard InChI is InChI=1S/C13H13N3O4S2/c14-11(17)8-15-13(18)9-4-1-2-5-10(9)16-22(19,20)12-6-3-7-21-12/h1-7,16H,8H2,(H2,14,17)(H,15,18). The second-order valence-electron chi connectivity index (χ2n) is 4.23.